The first-order chi connectivity index (χ1) is 6.50. The Labute approximate surface area is 135 Å². The van der Waals surface area contributed by atoms with E-state index >= 15 is 0 Å². The van der Waals surface area contributed by atoms with Crippen LogP contribution in [-0.4, -0.2) is 22.2 Å². The van der Waals surface area contributed by atoms with E-state index in [4.69, 9.17) is 15.0 Å². The Balaban J connectivity index is -0.000000105. The number of carboxylic acid groups (broad SMARTS) is 2. The second kappa shape index (κ2) is 17.0. The van der Waals surface area contributed by atoms with Gasteiger partial charge in [0.15, 0.2) is 0 Å². The second-order valence-corrected chi connectivity index (χ2v) is 3.08. The first-order valence-corrected chi connectivity index (χ1v) is 4.92. The van der Waals surface area contributed by atoms with Crippen LogP contribution in [-0.2, 0) is 9.59 Å². The van der Waals surface area contributed by atoms with Crippen LogP contribution in [0.25, 0.3) is 0 Å². The van der Waals surface area contributed by atoms with E-state index in [1.54, 1.807) is 0 Å². The molecule has 0 aromatic carbocycles. The van der Waals surface area contributed by atoms with Crippen molar-refractivity contribution in [2.24, 2.45) is 0 Å². The molecule has 0 amide bonds. The fraction of sp³-hybridized carbons (Fsp3) is 0.800. The molecule has 0 spiro atoms. The Morgan fingerprint density at radius 2 is 1.47 bits per heavy atom. The Bertz CT molecular complexity index is 161. The molecule has 0 rings (SSSR count). The topological polar surface area (TPSA) is 74.6 Å². The van der Waals surface area contributed by atoms with Gasteiger partial charge in [-0.3, -0.25) is 9.59 Å². The van der Waals surface area contributed by atoms with E-state index < -0.39 is 11.9 Å². The van der Waals surface area contributed by atoms with E-state index in [1.165, 1.54) is 19.3 Å². The fourth-order valence-corrected chi connectivity index (χ4v) is 0.880. The predicted octanol–water partition coefficient (Wildman–Crippen LogP) is -0.361. The molecule has 0 radical (unpaired) electrons. The van der Waals surface area contributed by atoms with Crippen molar-refractivity contribution >= 4 is 11.9 Å². The summed E-state index contributed by atoms with van der Waals surface area (Å²) in [6.07, 6.45) is 5.88. The molecule has 0 aliphatic carbocycles. The van der Waals surface area contributed by atoms with Gasteiger partial charge in [0, 0.05) is 13.3 Å². The average Bonchev–Trinajstić information content (AvgIpc) is 2.02. The van der Waals surface area contributed by atoms with E-state index in [0.29, 0.717) is 6.42 Å². The summed E-state index contributed by atoms with van der Waals surface area (Å²) in [5.41, 5.74) is 0. The summed E-state index contributed by atoms with van der Waals surface area (Å²) in [4.78, 5) is 19.0. The van der Waals surface area contributed by atoms with E-state index in [-0.39, 0.29) is 52.8 Å². The van der Waals surface area contributed by atoms with Gasteiger partial charge in [0.25, 0.3) is 5.97 Å². The molecule has 0 atom stereocenters. The predicted molar refractivity (Wildman–Crippen MR) is 55.4 cm³/mol. The SMILES string of the molecule is CC(=O)O.CCCCCCCC(=O)O.[H-].[K+]. The molecule has 5 heteroatoms. The Hall–Kier alpha value is 0.576. The van der Waals surface area contributed by atoms with Gasteiger partial charge in [0.05, 0.1) is 0 Å². The van der Waals surface area contributed by atoms with Gasteiger partial charge in [-0.15, -0.1) is 0 Å². The maximum absolute atomic E-state index is 10.0. The monoisotopic (exact) mass is 244 g/mol. The third-order valence-corrected chi connectivity index (χ3v) is 1.49. The van der Waals surface area contributed by atoms with Crippen LogP contribution in [0, 0.1) is 0 Å². The molecule has 0 heterocycles. The van der Waals surface area contributed by atoms with Crippen LogP contribution in [0.2, 0.25) is 0 Å². The van der Waals surface area contributed by atoms with Crippen molar-refractivity contribution in [2.75, 3.05) is 0 Å². The number of carboxylic acids is 2. The first-order valence-electron chi connectivity index (χ1n) is 4.92. The number of hydrogen-bond acceptors (Lipinski definition) is 2. The Kier molecular flexibility index (Phi) is 23.7. The van der Waals surface area contributed by atoms with Crippen molar-refractivity contribution in [3.8, 4) is 0 Å². The van der Waals surface area contributed by atoms with Crippen LogP contribution in [0.4, 0.5) is 0 Å². The number of carbonyl (C=O) groups is 2. The Morgan fingerprint density at radius 1 is 1.07 bits per heavy atom. The molecule has 2 N–H and O–H groups in total. The van der Waals surface area contributed by atoms with Crippen molar-refractivity contribution in [2.45, 2.75) is 52.4 Å². The molecule has 0 fully saturated rings. The molecule has 0 aliphatic rings. The molecule has 0 saturated heterocycles. The molecular weight excluding hydrogens is 223 g/mol. The summed E-state index contributed by atoms with van der Waals surface area (Å²) >= 11 is 0. The van der Waals surface area contributed by atoms with Crippen LogP contribution in [0.5, 0.6) is 0 Å². The summed E-state index contributed by atoms with van der Waals surface area (Å²) in [6.45, 7) is 3.23. The Morgan fingerprint density at radius 3 is 1.80 bits per heavy atom. The minimum absolute atomic E-state index is 0. The zero-order valence-corrected chi connectivity index (χ0v) is 13.1. The van der Waals surface area contributed by atoms with Gasteiger partial charge in [-0.1, -0.05) is 32.6 Å². The maximum Gasteiger partial charge on any atom is 1.00 e. The summed E-state index contributed by atoms with van der Waals surface area (Å²) in [7, 11) is 0. The van der Waals surface area contributed by atoms with Gasteiger partial charge >= 0.3 is 57.4 Å². The van der Waals surface area contributed by atoms with Gasteiger partial charge in [-0.05, 0) is 6.42 Å². The van der Waals surface area contributed by atoms with Gasteiger partial charge < -0.3 is 11.6 Å². The smallest absolute Gasteiger partial charge is 1.00 e. The van der Waals surface area contributed by atoms with Crippen molar-refractivity contribution < 1.29 is 72.6 Å². The van der Waals surface area contributed by atoms with Gasteiger partial charge in [0.1, 0.15) is 0 Å². The number of aliphatic carboxylic acids is 2. The number of hydrogen-bond donors (Lipinski definition) is 2. The van der Waals surface area contributed by atoms with Crippen LogP contribution in [0.15, 0.2) is 0 Å². The summed E-state index contributed by atoms with van der Waals surface area (Å²) in [5.74, 6) is -1.50. The minimum Gasteiger partial charge on any atom is -1.00 e. The van der Waals surface area contributed by atoms with Crippen LogP contribution in [0.3, 0.4) is 0 Å². The zero-order chi connectivity index (χ0) is 11.4. The molecule has 0 aromatic heterocycles. The first kappa shape index (κ1) is 20.9. The minimum atomic E-state index is -0.833. The molecule has 86 valence electrons. The van der Waals surface area contributed by atoms with E-state index in [1.807, 2.05) is 0 Å². The van der Waals surface area contributed by atoms with Crippen molar-refractivity contribution in [1.82, 2.24) is 0 Å². The van der Waals surface area contributed by atoms with Gasteiger partial charge in [-0.25, -0.2) is 0 Å². The standard InChI is InChI=1S/C8H16O2.C2H4O2.K.H/c1-2-3-4-5-6-7-8(9)10;1-2(3)4;;/h2-7H2,1H3,(H,9,10);1H3,(H,3,4);;/q;;+1;-1. The molecule has 0 aromatic rings. The number of unbranched alkanes of at least 4 members (excludes halogenated alkanes) is 4. The maximum atomic E-state index is 10.0. The summed E-state index contributed by atoms with van der Waals surface area (Å²) in [5, 5.41) is 15.7. The fourth-order valence-electron chi connectivity index (χ4n) is 0.880. The third-order valence-electron chi connectivity index (χ3n) is 1.49. The van der Waals surface area contributed by atoms with Gasteiger partial charge in [-0.2, -0.15) is 0 Å². The van der Waals surface area contributed by atoms with Crippen molar-refractivity contribution in [3.05, 3.63) is 0 Å². The second-order valence-electron chi connectivity index (χ2n) is 3.08. The molecule has 0 bridgehead atoms. The van der Waals surface area contributed by atoms with Crippen LogP contribution >= 0.6 is 0 Å². The molecule has 15 heavy (non-hydrogen) atoms. The van der Waals surface area contributed by atoms with Crippen LogP contribution in [0.1, 0.15) is 53.8 Å². The van der Waals surface area contributed by atoms with E-state index in [2.05, 4.69) is 6.92 Å². The van der Waals surface area contributed by atoms with Crippen LogP contribution < -0.4 is 51.4 Å². The average molecular weight is 244 g/mol. The quantitative estimate of drug-likeness (QED) is 0.494. The van der Waals surface area contributed by atoms with E-state index in [0.717, 1.165) is 19.8 Å². The molecular formula is C10H21KO4. The molecule has 0 unspecified atom stereocenters. The zero-order valence-electron chi connectivity index (χ0n) is 11.0. The van der Waals surface area contributed by atoms with E-state index in [9.17, 15) is 4.79 Å². The molecule has 0 aliphatic heterocycles. The normalized spacial score (nSPS) is 8.13. The van der Waals surface area contributed by atoms with Gasteiger partial charge in [0.2, 0.25) is 0 Å². The third kappa shape index (κ3) is 40.2. The number of rotatable bonds is 6. The van der Waals surface area contributed by atoms with Crippen molar-refractivity contribution in [3.63, 3.8) is 0 Å². The molecule has 4 nitrogen and oxygen atoms in total. The summed E-state index contributed by atoms with van der Waals surface area (Å²) in [6, 6.07) is 0. The summed E-state index contributed by atoms with van der Waals surface area (Å²) < 4.78 is 0. The van der Waals surface area contributed by atoms with Crippen molar-refractivity contribution in [1.29, 1.82) is 0 Å². The largest absolute Gasteiger partial charge is 1.00 e. The molecule has 0 saturated carbocycles.